The molecule has 3 aliphatic rings. The Labute approximate surface area is 250 Å². The number of ether oxygens (including phenoxy) is 5. The highest BCUT2D eigenvalue weighted by Crippen LogP contribution is 2.33. The second-order valence-electron chi connectivity index (χ2n) is 10.3. The molecule has 3 rings (SSSR count). The van der Waals surface area contributed by atoms with Gasteiger partial charge in [-0.1, -0.05) is 0 Å². The van der Waals surface area contributed by atoms with Crippen molar-refractivity contribution in [2.24, 2.45) is 0 Å². The molecule has 1 unspecified atom stereocenters. The standard InChI is InChI=1S/C22H38N2O19S/c1-6(28)23-11-14(31)17(9(4-26)39-22(11)42-19-16(33)13(30)8(3-25)38-20(19)34)41-21-12(24-7(2)29)15(32)18(10(5-27)40-21)43-44(35,36)37/h8-22,25-27,30-34H,3-5H2,1-2H3,(H,23,28)(H,24,29)(H,35,36,37)/t8-,9-,10-,11-,12-,13-,14-,15-,16+,17-,18+,19+,20?,21+,22+/m1/s1. The van der Waals surface area contributed by atoms with Crippen molar-refractivity contribution in [2.45, 2.75) is 106 Å². The molecule has 0 radical (unpaired) electrons. The van der Waals surface area contributed by atoms with Crippen molar-refractivity contribution in [1.29, 1.82) is 0 Å². The first-order valence-electron chi connectivity index (χ1n) is 13.2. The Morgan fingerprint density at radius 3 is 1.52 bits per heavy atom. The van der Waals surface area contributed by atoms with Crippen LogP contribution >= 0.6 is 0 Å². The van der Waals surface area contributed by atoms with E-state index in [0.717, 1.165) is 13.8 Å². The van der Waals surface area contributed by atoms with Gasteiger partial charge in [-0.15, -0.1) is 0 Å². The van der Waals surface area contributed by atoms with E-state index in [0.29, 0.717) is 0 Å². The normalized spacial score (nSPS) is 43.3. The van der Waals surface area contributed by atoms with Crippen LogP contribution in [0.5, 0.6) is 0 Å². The Balaban J connectivity index is 1.89. The van der Waals surface area contributed by atoms with Gasteiger partial charge in [0.2, 0.25) is 11.8 Å². The predicted molar refractivity (Wildman–Crippen MR) is 135 cm³/mol. The molecule has 3 heterocycles. The number of carbonyl (C=O) groups excluding carboxylic acids is 2. The predicted octanol–water partition coefficient (Wildman–Crippen LogP) is -7.46. The molecule has 256 valence electrons. The van der Waals surface area contributed by atoms with Gasteiger partial charge in [-0.05, 0) is 0 Å². The molecule has 21 nitrogen and oxygen atoms in total. The fourth-order valence-electron chi connectivity index (χ4n) is 5.10. The lowest BCUT2D eigenvalue weighted by Gasteiger charge is -2.49. The molecular weight excluding hydrogens is 628 g/mol. The van der Waals surface area contributed by atoms with E-state index in [-0.39, 0.29) is 0 Å². The molecule has 22 heteroatoms. The van der Waals surface area contributed by atoms with Gasteiger partial charge in [0.25, 0.3) is 0 Å². The van der Waals surface area contributed by atoms with Crippen LogP contribution in [0.1, 0.15) is 13.8 Å². The summed E-state index contributed by atoms with van der Waals surface area (Å²) in [5.41, 5.74) is 0. The van der Waals surface area contributed by atoms with Gasteiger partial charge >= 0.3 is 10.4 Å². The van der Waals surface area contributed by atoms with E-state index < -0.39 is 134 Å². The van der Waals surface area contributed by atoms with Gasteiger partial charge in [0.15, 0.2) is 18.9 Å². The largest absolute Gasteiger partial charge is 0.397 e. The van der Waals surface area contributed by atoms with Crippen LogP contribution in [-0.2, 0) is 47.9 Å². The topological polar surface area (TPSA) is 330 Å². The van der Waals surface area contributed by atoms with Gasteiger partial charge < -0.3 is 75.2 Å². The number of aliphatic hydroxyl groups excluding tert-OH is 8. The lowest BCUT2D eigenvalue weighted by atomic mass is 9.94. The third kappa shape index (κ3) is 8.55. The van der Waals surface area contributed by atoms with E-state index in [1.807, 2.05) is 0 Å². The fourth-order valence-corrected chi connectivity index (χ4v) is 5.62. The molecule has 2 amide bonds. The monoisotopic (exact) mass is 666 g/mol. The summed E-state index contributed by atoms with van der Waals surface area (Å²) in [6.45, 7) is -0.623. The van der Waals surface area contributed by atoms with Crippen LogP contribution in [0, 0.1) is 0 Å². The number of carbonyl (C=O) groups is 2. The molecule has 0 saturated carbocycles. The Morgan fingerprint density at radius 2 is 1.09 bits per heavy atom. The summed E-state index contributed by atoms with van der Waals surface area (Å²) in [7, 11) is -5.20. The summed E-state index contributed by atoms with van der Waals surface area (Å²) in [4.78, 5) is 23.9. The summed E-state index contributed by atoms with van der Waals surface area (Å²) in [6, 6.07) is -3.27. The first-order chi connectivity index (χ1) is 20.5. The van der Waals surface area contributed by atoms with Crippen molar-refractivity contribution in [2.75, 3.05) is 19.8 Å². The Morgan fingerprint density at radius 1 is 0.659 bits per heavy atom. The highest BCUT2D eigenvalue weighted by Gasteiger charge is 2.55. The van der Waals surface area contributed by atoms with Crippen molar-refractivity contribution in [3.05, 3.63) is 0 Å². The lowest BCUT2D eigenvalue weighted by Crippen LogP contribution is -2.70. The molecular formula is C22H38N2O19S. The lowest BCUT2D eigenvalue weighted by molar-refractivity contribution is -0.362. The average molecular weight is 667 g/mol. The molecule has 0 aromatic carbocycles. The molecule has 3 aliphatic heterocycles. The first-order valence-corrected chi connectivity index (χ1v) is 14.6. The zero-order valence-electron chi connectivity index (χ0n) is 23.3. The van der Waals surface area contributed by atoms with Crippen molar-refractivity contribution < 1.29 is 91.3 Å². The molecule has 3 fully saturated rings. The SMILES string of the molecule is CC(=O)N[C@H]1[C@H](O[C@H]2[C@H](O)[C@@H](NC(C)=O)[C@H](O[C@@H]3C(O)O[C@H](CO)[C@@H](O)[C@@H]3O)O[C@@H]2CO)O[C@H](CO)[C@H](OS(=O)(=O)O)[C@@H]1O. The molecule has 0 aromatic rings. The maximum atomic E-state index is 12.0. The minimum atomic E-state index is -5.20. The molecule has 11 N–H and O–H groups in total. The summed E-state index contributed by atoms with van der Waals surface area (Å²) in [5, 5.41) is 86.8. The second-order valence-corrected chi connectivity index (χ2v) is 11.4. The average Bonchev–Trinajstić information content (AvgIpc) is 2.93. The van der Waals surface area contributed by atoms with E-state index in [4.69, 9.17) is 28.2 Å². The van der Waals surface area contributed by atoms with Crippen molar-refractivity contribution in [1.82, 2.24) is 10.6 Å². The van der Waals surface area contributed by atoms with Crippen LogP contribution in [0.3, 0.4) is 0 Å². The molecule has 44 heavy (non-hydrogen) atoms. The van der Waals surface area contributed by atoms with Gasteiger partial charge in [-0.2, -0.15) is 8.42 Å². The van der Waals surface area contributed by atoms with E-state index in [2.05, 4.69) is 14.8 Å². The molecule has 0 aliphatic carbocycles. The highest BCUT2D eigenvalue weighted by atomic mass is 32.3. The third-order valence-corrected chi connectivity index (χ3v) is 7.57. The fraction of sp³-hybridized carbons (Fsp3) is 0.909. The van der Waals surface area contributed by atoms with E-state index in [1.54, 1.807) is 0 Å². The second kappa shape index (κ2) is 15.3. The number of hydrogen-bond donors (Lipinski definition) is 11. The number of aliphatic hydroxyl groups is 8. The van der Waals surface area contributed by atoms with Crippen LogP contribution in [0.25, 0.3) is 0 Å². The van der Waals surface area contributed by atoms with Gasteiger partial charge in [0, 0.05) is 13.8 Å². The maximum Gasteiger partial charge on any atom is 0.397 e. The molecule has 0 spiro atoms. The summed E-state index contributed by atoms with van der Waals surface area (Å²) >= 11 is 0. The minimum absolute atomic E-state index is 0.750. The quantitative estimate of drug-likeness (QED) is 0.0912. The number of rotatable bonds is 11. The smallest absolute Gasteiger partial charge is 0.394 e. The molecule has 15 atom stereocenters. The van der Waals surface area contributed by atoms with Crippen molar-refractivity contribution in [3.63, 3.8) is 0 Å². The Kier molecular flexibility index (Phi) is 12.7. The highest BCUT2D eigenvalue weighted by molar-refractivity contribution is 7.80. The van der Waals surface area contributed by atoms with Crippen LogP contribution in [-0.4, -0.2) is 177 Å². The minimum Gasteiger partial charge on any atom is -0.394 e. The third-order valence-electron chi connectivity index (χ3n) is 7.10. The van der Waals surface area contributed by atoms with Crippen molar-refractivity contribution in [3.8, 4) is 0 Å². The number of amides is 2. The Hall–Kier alpha value is -1.71. The number of nitrogens with one attached hydrogen (secondary N) is 2. The van der Waals surface area contributed by atoms with Crippen LogP contribution in [0.15, 0.2) is 0 Å². The van der Waals surface area contributed by atoms with Crippen LogP contribution in [0.4, 0.5) is 0 Å². The van der Waals surface area contributed by atoms with Gasteiger partial charge in [-0.25, -0.2) is 4.18 Å². The van der Waals surface area contributed by atoms with Gasteiger partial charge in [0.05, 0.1) is 19.8 Å². The van der Waals surface area contributed by atoms with Crippen molar-refractivity contribution >= 4 is 22.2 Å². The van der Waals surface area contributed by atoms with E-state index in [1.165, 1.54) is 0 Å². The van der Waals surface area contributed by atoms with Gasteiger partial charge in [0.1, 0.15) is 73.1 Å². The molecule has 0 bridgehead atoms. The summed E-state index contributed by atoms with van der Waals surface area (Å²) in [5.74, 6) is -1.54. The number of hydrogen-bond acceptors (Lipinski definition) is 18. The van der Waals surface area contributed by atoms with Gasteiger partial charge in [-0.3, -0.25) is 14.1 Å². The zero-order chi connectivity index (χ0) is 33.1. The van der Waals surface area contributed by atoms with E-state index in [9.17, 15) is 58.9 Å². The van der Waals surface area contributed by atoms with E-state index >= 15 is 0 Å². The van der Waals surface area contributed by atoms with Crippen LogP contribution < -0.4 is 10.6 Å². The maximum absolute atomic E-state index is 12.0. The summed E-state index contributed by atoms with van der Waals surface area (Å²) in [6.07, 6.45) is -23.0. The Bertz CT molecular complexity index is 1080. The first kappa shape index (κ1) is 36.8. The summed E-state index contributed by atoms with van der Waals surface area (Å²) < 4.78 is 63.7. The molecule has 0 aromatic heterocycles. The zero-order valence-corrected chi connectivity index (χ0v) is 24.1. The van der Waals surface area contributed by atoms with Crippen LogP contribution in [0.2, 0.25) is 0 Å². The molecule has 3 saturated heterocycles.